The molecule has 2 unspecified atom stereocenters. The monoisotopic (exact) mass is 488 g/mol. The highest BCUT2D eigenvalue weighted by Gasteiger charge is 2.57. The van der Waals surface area contributed by atoms with E-state index < -0.39 is 0 Å². The minimum Gasteiger partial charge on any atom is -0.324 e. The molecule has 0 saturated heterocycles. The van der Waals surface area contributed by atoms with E-state index >= 15 is 0 Å². The fourth-order valence-corrected chi connectivity index (χ4v) is 8.28. The van der Waals surface area contributed by atoms with E-state index in [0.29, 0.717) is 30.0 Å². The molecule has 0 spiro atoms. The van der Waals surface area contributed by atoms with Gasteiger partial charge in [-0.1, -0.05) is 79.5 Å². The second-order valence-electron chi connectivity index (χ2n) is 11.0. The SMILES string of the molecule is [3H][B]SO[C@@H]1CC2=CC=C3C(CC[C@]4(C)C([C@@H](C)CCCC(C)=O)=CCC34)[C@@]2(C)[C@@H](OS[B][3H])C1. The highest BCUT2D eigenvalue weighted by atomic mass is 32.2. The molecule has 3 nitrogen and oxygen atoms in total. The van der Waals surface area contributed by atoms with Gasteiger partial charge in [-0.2, -0.15) is 0 Å². The van der Waals surface area contributed by atoms with Crippen LogP contribution in [0.4, 0.5) is 0 Å². The summed E-state index contributed by atoms with van der Waals surface area (Å²) in [5.74, 6) is 1.78. The second kappa shape index (κ2) is 10.3. The Morgan fingerprint density at radius 1 is 1.27 bits per heavy atom. The quantitative estimate of drug-likeness (QED) is 0.199. The zero-order valence-corrected chi connectivity index (χ0v) is 22.1. The third-order valence-electron chi connectivity index (χ3n) is 9.31. The van der Waals surface area contributed by atoms with Crippen molar-refractivity contribution < 1.29 is 13.2 Å². The molecule has 0 heterocycles. The van der Waals surface area contributed by atoms with Crippen molar-refractivity contribution in [2.45, 2.75) is 91.3 Å². The first-order chi connectivity index (χ1) is 16.8. The van der Waals surface area contributed by atoms with Gasteiger partial charge in [-0.15, -0.1) is 0 Å². The Kier molecular flexibility index (Phi) is 7.22. The molecule has 33 heavy (non-hydrogen) atoms. The summed E-state index contributed by atoms with van der Waals surface area (Å²) in [7, 11) is 2.50. The van der Waals surface area contributed by atoms with Gasteiger partial charge in [0.25, 0.3) is 0 Å². The van der Waals surface area contributed by atoms with Gasteiger partial charge >= 0.3 is 0 Å². The van der Waals surface area contributed by atoms with E-state index in [9.17, 15) is 4.79 Å². The number of hydrogen-bond donors (Lipinski definition) is 0. The molecule has 0 aromatic heterocycles. The van der Waals surface area contributed by atoms with E-state index in [-0.39, 0.29) is 23.0 Å². The molecule has 2 fully saturated rings. The Hall–Kier alpha value is -0.360. The van der Waals surface area contributed by atoms with Crippen molar-refractivity contribution in [3.05, 3.63) is 34.9 Å². The number of fused-ring (bicyclic) bond motifs is 5. The van der Waals surface area contributed by atoms with Gasteiger partial charge in [-0.25, -0.2) is 0 Å². The van der Waals surface area contributed by atoms with Crippen molar-refractivity contribution >= 4 is 43.7 Å². The standard InChI is InChI=1S/C26H38B2O3S2/c1-16(6-5-7-17(2)29)21-10-11-22-20-9-8-18-14-19(30-32-27)15-24(31-33-28)26(18,4)23(20)12-13-25(21,22)3/h8-10,16,19,22-24,27-28H,5-7,11-15H2,1-4H3/t16-,19+,22?,23?,24-,25+,26-/m0/s1/i27T,28T. The van der Waals surface area contributed by atoms with Crippen molar-refractivity contribution in [1.82, 2.24) is 0 Å². The van der Waals surface area contributed by atoms with Crippen LogP contribution >= 0.6 is 23.8 Å². The summed E-state index contributed by atoms with van der Waals surface area (Å²) in [5, 5.41) is 0. The van der Waals surface area contributed by atoms with Gasteiger partial charge < -0.3 is 13.2 Å². The highest BCUT2D eigenvalue weighted by Crippen LogP contribution is 2.65. The fourth-order valence-electron chi connectivity index (χ4n) is 7.56. The average molecular weight is 488 g/mol. The minimum atomic E-state index is -0.105. The lowest BCUT2D eigenvalue weighted by Crippen LogP contribution is -2.52. The number of allylic oxidation sites excluding steroid dienone is 5. The Morgan fingerprint density at radius 3 is 2.82 bits per heavy atom. The first-order valence-electron chi connectivity index (χ1n) is 13.6. The number of hydrogen-bond acceptors (Lipinski definition) is 5. The average Bonchev–Trinajstić information content (AvgIpc) is 3.18. The van der Waals surface area contributed by atoms with Crippen molar-refractivity contribution in [1.29, 1.82) is 2.67 Å². The van der Waals surface area contributed by atoms with Gasteiger partial charge in [0.05, 0.1) is 12.2 Å². The summed E-state index contributed by atoms with van der Waals surface area (Å²) < 4.78 is 27.0. The zero-order chi connectivity index (χ0) is 25.2. The van der Waals surface area contributed by atoms with Crippen molar-refractivity contribution in [2.24, 2.45) is 28.6 Å². The Bertz CT molecular complexity index is 898. The van der Waals surface area contributed by atoms with Crippen molar-refractivity contribution in [3.63, 3.8) is 0 Å². The van der Waals surface area contributed by atoms with Crippen LogP contribution in [-0.4, -0.2) is 34.8 Å². The molecular formula is C26H38B2O3S2. The van der Waals surface area contributed by atoms with E-state index in [2.05, 4.69) is 39.0 Å². The van der Waals surface area contributed by atoms with Crippen LogP contribution in [0.5, 0.6) is 0 Å². The topological polar surface area (TPSA) is 35.5 Å². The molecule has 7 atom stereocenters. The number of rotatable bonds is 11. The summed E-state index contributed by atoms with van der Waals surface area (Å²) in [6.45, 7) is 8.91. The van der Waals surface area contributed by atoms with Crippen LogP contribution < -0.4 is 0 Å². The Labute approximate surface area is 214 Å². The summed E-state index contributed by atoms with van der Waals surface area (Å²) in [4.78, 5) is 11.4. The summed E-state index contributed by atoms with van der Waals surface area (Å²) in [6, 6.07) is 0. The molecule has 4 rings (SSSR count). The van der Waals surface area contributed by atoms with Gasteiger partial charge in [0.1, 0.15) is 5.78 Å². The molecule has 2 saturated carbocycles. The maximum Gasteiger partial charge on any atom is 0.209 e. The Balaban J connectivity index is 1.57. The van der Waals surface area contributed by atoms with Gasteiger partial charge in [-0.05, 0) is 71.3 Å². The molecule has 0 N–H and O–H groups in total. The molecule has 178 valence electrons. The maximum absolute atomic E-state index is 11.4. The van der Waals surface area contributed by atoms with Crippen LogP contribution in [0.25, 0.3) is 0 Å². The third-order valence-corrected chi connectivity index (χ3v) is 10.0. The summed E-state index contributed by atoms with van der Waals surface area (Å²) in [6.07, 6.45) is 15.1. The minimum absolute atomic E-state index is 0.0108. The molecule has 4 aliphatic rings. The van der Waals surface area contributed by atoms with E-state index in [4.69, 9.17) is 11.0 Å². The van der Waals surface area contributed by atoms with Gasteiger partial charge in [-0.3, -0.25) is 0 Å². The number of Topliss-reactive ketones (excluding diaryl/α,β-unsaturated/α-hetero) is 1. The van der Waals surface area contributed by atoms with E-state index in [1.807, 2.05) is 0 Å². The molecule has 4 aliphatic carbocycles. The molecule has 0 bridgehead atoms. The number of carbonyl (C=O) groups is 1. The Morgan fingerprint density at radius 2 is 2.06 bits per heavy atom. The third kappa shape index (κ3) is 4.61. The first kappa shape index (κ1) is 23.1. The summed E-state index contributed by atoms with van der Waals surface area (Å²) in [5.41, 5.74) is 4.66. The first-order valence-corrected chi connectivity index (χ1v) is 14.0. The summed E-state index contributed by atoms with van der Waals surface area (Å²) >= 11 is 2.21. The van der Waals surface area contributed by atoms with E-state index in [1.54, 1.807) is 18.1 Å². The number of carbonyl (C=O) groups excluding carboxylic acids is 1. The van der Waals surface area contributed by atoms with Crippen molar-refractivity contribution in [2.75, 3.05) is 0 Å². The molecule has 0 amide bonds. The van der Waals surface area contributed by atoms with Crippen LogP contribution in [0, 0.1) is 28.6 Å². The fraction of sp³-hybridized carbons (Fsp3) is 0.731. The van der Waals surface area contributed by atoms with Crippen LogP contribution in [0.2, 0.25) is 0 Å². The second-order valence-corrected chi connectivity index (χ2v) is 11.8. The van der Waals surface area contributed by atoms with Crippen LogP contribution in [0.15, 0.2) is 34.9 Å². The molecule has 7 heteroatoms. The zero-order valence-electron chi connectivity index (χ0n) is 22.5. The van der Waals surface area contributed by atoms with Crippen LogP contribution in [0.1, 0.15) is 79.1 Å². The van der Waals surface area contributed by atoms with Gasteiger partial charge in [0, 0.05) is 18.3 Å². The highest BCUT2D eigenvalue weighted by molar-refractivity contribution is 8.16. The lowest BCUT2D eigenvalue weighted by atomic mass is 9.49. The van der Waals surface area contributed by atoms with E-state index in [1.165, 1.54) is 26.2 Å². The van der Waals surface area contributed by atoms with E-state index in [0.717, 1.165) is 62.3 Å². The predicted molar refractivity (Wildman–Crippen MR) is 143 cm³/mol. The van der Waals surface area contributed by atoms with Crippen molar-refractivity contribution in [3.8, 4) is 0 Å². The number of ketones is 1. The lowest BCUT2D eigenvalue weighted by Gasteiger charge is -2.57. The largest absolute Gasteiger partial charge is 0.324 e. The van der Waals surface area contributed by atoms with Crippen LogP contribution in [0.3, 0.4) is 0 Å². The predicted octanol–water partition coefficient (Wildman–Crippen LogP) is 6.11. The molecule has 0 aromatic carbocycles. The molecule has 2 radical (unpaired) electrons. The maximum atomic E-state index is 11.4. The molecule has 0 aliphatic heterocycles. The van der Waals surface area contributed by atoms with Gasteiger partial charge in [0.15, 0.2) is 0 Å². The lowest BCUT2D eigenvalue weighted by molar-refractivity contribution is -0.117. The molecular weight excluding hydrogens is 446 g/mol. The normalized spacial score (nSPS) is 39.0. The smallest absolute Gasteiger partial charge is 0.209 e. The van der Waals surface area contributed by atoms with Gasteiger partial charge in [0.2, 0.25) is 14.2 Å². The molecule has 0 aromatic rings. The van der Waals surface area contributed by atoms with Crippen LogP contribution in [-0.2, 0) is 13.2 Å².